The lowest BCUT2D eigenvalue weighted by Gasteiger charge is -2.36. The van der Waals surface area contributed by atoms with Gasteiger partial charge in [0.2, 0.25) is 0 Å². The number of carboxylic acids is 1. The fourth-order valence-electron chi connectivity index (χ4n) is 2.91. The lowest BCUT2D eigenvalue weighted by Crippen LogP contribution is -2.42. The smallest absolute Gasteiger partial charge is 0.310 e. The van der Waals surface area contributed by atoms with Crippen molar-refractivity contribution in [3.63, 3.8) is 0 Å². The molecule has 4 heteroatoms. The molecule has 0 aromatic rings. The minimum Gasteiger partial charge on any atom is -0.481 e. The maximum absolute atomic E-state index is 12.1. The van der Waals surface area contributed by atoms with Crippen LogP contribution in [-0.2, 0) is 14.3 Å². The van der Waals surface area contributed by atoms with Gasteiger partial charge in [-0.1, -0.05) is 37.0 Å². The van der Waals surface area contributed by atoms with E-state index >= 15 is 0 Å². The number of ether oxygens (including phenoxy) is 1. The molecule has 4 unspecified atom stereocenters. The van der Waals surface area contributed by atoms with Crippen molar-refractivity contribution in [2.24, 2.45) is 23.7 Å². The van der Waals surface area contributed by atoms with E-state index in [1.165, 1.54) is 6.08 Å². The van der Waals surface area contributed by atoms with E-state index in [2.05, 4.69) is 6.58 Å². The molecule has 1 N–H and O–H groups in total. The van der Waals surface area contributed by atoms with Crippen molar-refractivity contribution in [3.05, 3.63) is 37.0 Å². The van der Waals surface area contributed by atoms with Crippen LogP contribution in [-0.4, -0.2) is 23.7 Å². The van der Waals surface area contributed by atoms with Crippen LogP contribution in [0, 0.1) is 23.7 Å². The third-order valence-electron chi connectivity index (χ3n) is 3.80. The van der Waals surface area contributed by atoms with E-state index in [-0.39, 0.29) is 18.4 Å². The first kappa shape index (κ1) is 13.6. The predicted molar refractivity (Wildman–Crippen MR) is 70.3 cm³/mol. The van der Waals surface area contributed by atoms with Crippen LogP contribution < -0.4 is 0 Å². The average Bonchev–Trinajstić information content (AvgIpc) is 2.35. The zero-order valence-corrected chi connectivity index (χ0v) is 10.7. The standard InChI is InChI=1S/C15H18O4/c1-2-9-19-15(18)13-11-6-4-3-5-10(7-8-11)12(13)14(16)17/h2-4,7-8,10-13H,1,5-6,9H2,(H,16,17)/b4-3-. The number of carbonyl (C=O) groups is 2. The highest BCUT2D eigenvalue weighted by molar-refractivity contribution is 5.82. The zero-order valence-electron chi connectivity index (χ0n) is 10.7. The summed E-state index contributed by atoms with van der Waals surface area (Å²) in [4.78, 5) is 23.6. The number of carboxylic acid groups (broad SMARTS) is 1. The monoisotopic (exact) mass is 262 g/mol. The molecule has 0 saturated carbocycles. The highest BCUT2D eigenvalue weighted by Gasteiger charge is 2.45. The van der Waals surface area contributed by atoms with E-state index in [9.17, 15) is 14.7 Å². The van der Waals surface area contributed by atoms with E-state index in [4.69, 9.17) is 4.74 Å². The Morgan fingerprint density at radius 3 is 2.32 bits per heavy atom. The number of rotatable bonds is 4. The molecule has 0 aromatic heterocycles. The van der Waals surface area contributed by atoms with Gasteiger partial charge in [-0.2, -0.15) is 0 Å². The van der Waals surface area contributed by atoms with Crippen molar-refractivity contribution in [2.45, 2.75) is 12.8 Å². The molecular formula is C15H18O4. The van der Waals surface area contributed by atoms with E-state index in [1.807, 2.05) is 24.3 Å². The molecule has 0 spiro atoms. The van der Waals surface area contributed by atoms with Gasteiger partial charge in [0.1, 0.15) is 6.61 Å². The molecule has 0 fully saturated rings. The minimum absolute atomic E-state index is 0.0915. The number of hydrogen-bond acceptors (Lipinski definition) is 3. The summed E-state index contributed by atoms with van der Waals surface area (Å²) in [5.74, 6) is -2.87. The van der Waals surface area contributed by atoms with E-state index in [0.717, 1.165) is 0 Å². The van der Waals surface area contributed by atoms with Crippen LogP contribution in [0.1, 0.15) is 12.8 Å². The maximum atomic E-state index is 12.1. The van der Waals surface area contributed by atoms with Crippen molar-refractivity contribution in [2.75, 3.05) is 6.61 Å². The molecule has 4 atom stereocenters. The lowest BCUT2D eigenvalue weighted by molar-refractivity contribution is -0.161. The first-order valence-corrected chi connectivity index (χ1v) is 6.48. The molecule has 19 heavy (non-hydrogen) atoms. The Hall–Kier alpha value is -1.84. The van der Waals surface area contributed by atoms with Gasteiger partial charge in [0.05, 0.1) is 11.8 Å². The number of allylic oxidation sites excluding steroid dienone is 4. The largest absolute Gasteiger partial charge is 0.481 e. The number of hydrogen-bond donors (Lipinski definition) is 1. The minimum atomic E-state index is -0.921. The van der Waals surface area contributed by atoms with Crippen LogP contribution >= 0.6 is 0 Å². The van der Waals surface area contributed by atoms with Gasteiger partial charge in [0.25, 0.3) is 0 Å². The maximum Gasteiger partial charge on any atom is 0.310 e. The fourth-order valence-corrected chi connectivity index (χ4v) is 2.91. The van der Waals surface area contributed by atoms with E-state index < -0.39 is 23.8 Å². The van der Waals surface area contributed by atoms with Crippen molar-refractivity contribution < 1.29 is 19.4 Å². The van der Waals surface area contributed by atoms with Crippen molar-refractivity contribution in [3.8, 4) is 0 Å². The Balaban J connectivity index is 2.28. The molecule has 3 aliphatic rings. The first-order chi connectivity index (χ1) is 9.15. The molecule has 0 radical (unpaired) electrons. The van der Waals surface area contributed by atoms with Crippen molar-refractivity contribution in [1.82, 2.24) is 0 Å². The summed E-state index contributed by atoms with van der Waals surface area (Å²) in [6.07, 6.45) is 10.8. The van der Waals surface area contributed by atoms with Gasteiger partial charge in [-0.15, -0.1) is 0 Å². The van der Waals surface area contributed by atoms with E-state index in [1.54, 1.807) is 0 Å². The van der Waals surface area contributed by atoms with Crippen LogP contribution in [0.4, 0.5) is 0 Å². The summed E-state index contributed by atoms with van der Waals surface area (Å²) in [6.45, 7) is 3.62. The number of carbonyl (C=O) groups excluding carboxylic acids is 1. The third-order valence-corrected chi connectivity index (χ3v) is 3.80. The van der Waals surface area contributed by atoms with Gasteiger partial charge in [0.15, 0.2) is 0 Å². The summed E-state index contributed by atoms with van der Waals surface area (Å²) in [7, 11) is 0. The fraction of sp³-hybridized carbons (Fsp3) is 0.467. The number of fused-ring (bicyclic) bond motifs is 3. The average molecular weight is 262 g/mol. The van der Waals surface area contributed by atoms with Crippen molar-refractivity contribution in [1.29, 1.82) is 0 Å². The molecule has 3 rings (SSSR count). The van der Waals surface area contributed by atoms with Crippen molar-refractivity contribution >= 4 is 11.9 Å². The summed E-state index contributed by atoms with van der Waals surface area (Å²) >= 11 is 0. The van der Waals surface area contributed by atoms with Gasteiger partial charge < -0.3 is 9.84 Å². The number of aliphatic carboxylic acids is 1. The Labute approximate surface area is 112 Å². The predicted octanol–water partition coefficient (Wildman–Crippen LogP) is 2.18. The van der Waals surface area contributed by atoms with Crippen LogP contribution in [0.25, 0.3) is 0 Å². The molecule has 0 saturated heterocycles. The second kappa shape index (κ2) is 5.87. The molecule has 2 bridgehead atoms. The van der Waals surface area contributed by atoms with Gasteiger partial charge >= 0.3 is 11.9 Å². The summed E-state index contributed by atoms with van der Waals surface area (Å²) in [6, 6.07) is 0. The molecule has 0 aromatic carbocycles. The molecule has 102 valence electrons. The Morgan fingerprint density at radius 2 is 1.79 bits per heavy atom. The Morgan fingerprint density at radius 1 is 1.21 bits per heavy atom. The molecule has 3 aliphatic carbocycles. The Kier molecular flexibility index (Phi) is 4.20. The first-order valence-electron chi connectivity index (χ1n) is 6.48. The van der Waals surface area contributed by atoms with Gasteiger partial charge in [-0.25, -0.2) is 0 Å². The second-order valence-corrected chi connectivity index (χ2v) is 4.96. The summed E-state index contributed by atoms with van der Waals surface area (Å²) in [5.41, 5.74) is 0. The molecule has 0 heterocycles. The quantitative estimate of drug-likeness (QED) is 0.623. The third kappa shape index (κ3) is 2.78. The normalized spacial score (nSPS) is 34.1. The van der Waals surface area contributed by atoms with Crippen LogP contribution in [0.5, 0.6) is 0 Å². The molecule has 4 nitrogen and oxygen atoms in total. The topological polar surface area (TPSA) is 63.6 Å². The summed E-state index contributed by atoms with van der Waals surface area (Å²) in [5, 5.41) is 9.44. The van der Waals surface area contributed by atoms with Crippen LogP contribution in [0.2, 0.25) is 0 Å². The number of esters is 1. The Bertz CT molecular complexity index is 435. The van der Waals surface area contributed by atoms with Crippen LogP contribution in [0.15, 0.2) is 37.0 Å². The van der Waals surface area contributed by atoms with Gasteiger partial charge in [-0.05, 0) is 24.7 Å². The van der Waals surface area contributed by atoms with Gasteiger partial charge in [0, 0.05) is 0 Å². The second-order valence-electron chi connectivity index (χ2n) is 4.96. The lowest BCUT2D eigenvalue weighted by atomic mass is 9.67. The zero-order chi connectivity index (χ0) is 13.8. The molecule has 0 amide bonds. The van der Waals surface area contributed by atoms with Gasteiger partial charge in [-0.3, -0.25) is 9.59 Å². The highest BCUT2D eigenvalue weighted by atomic mass is 16.5. The van der Waals surface area contributed by atoms with Crippen LogP contribution in [0.3, 0.4) is 0 Å². The summed E-state index contributed by atoms with van der Waals surface area (Å²) < 4.78 is 5.08. The SMILES string of the molecule is C=CCOC(=O)C1C2C=CC(C/C=C\C2)C1C(=O)O. The van der Waals surface area contributed by atoms with E-state index in [0.29, 0.717) is 12.8 Å². The highest BCUT2D eigenvalue weighted by Crippen LogP contribution is 2.40. The molecular weight excluding hydrogens is 244 g/mol. The molecule has 0 aliphatic heterocycles.